The van der Waals surface area contributed by atoms with Crippen molar-refractivity contribution in [1.82, 2.24) is 5.32 Å². The molecule has 3 heteroatoms. The number of halogens is 1. The van der Waals surface area contributed by atoms with Crippen molar-refractivity contribution < 1.29 is 4.74 Å². The minimum absolute atomic E-state index is 0.568. The van der Waals surface area contributed by atoms with Gasteiger partial charge in [0.05, 0.1) is 6.61 Å². The van der Waals surface area contributed by atoms with E-state index in [9.17, 15) is 0 Å². The summed E-state index contributed by atoms with van der Waals surface area (Å²) in [4.78, 5) is 0. The van der Waals surface area contributed by atoms with Crippen LogP contribution in [0.1, 0.15) is 11.1 Å². The molecule has 1 N–H and O–H groups in total. The van der Waals surface area contributed by atoms with Crippen LogP contribution in [0.5, 0.6) is 0 Å². The second kappa shape index (κ2) is 9.78. The van der Waals surface area contributed by atoms with E-state index in [-0.39, 0.29) is 0 Å². The van der Waals surface area contributed by atoms with E-state index in [0.29, 0.717) is 5.92 Å². The fourth-order valence-electron chi connectivity index (χ4n) is 2.62. The van der Waals surface area contributed by atoms with E-state index in [2.05, 4.69) is 75.8 Å². The van der Waals surface area contributed by atoms with E-state index in [4.69, 9.17) is 4.74 Å². The molecule has 0 aromatic heterocycles. The molecular formula is C19H24BrNO. The van der Waals surface area contributed by atoms with Crippen LogP contribution in [0.3, 0.4) is 0 Å². The molecule has 0 aliphatic carbocycles. The van der Waals surface area contributed by atoms with Crippen molar-refractivity contribution in [3.63, 3.8) is 0 Å². The molecule has 1 atom stereocenters. The lowest BCUT2D eigenvalue weighted by atomic mass is 9.92. The molecule has 0 heterocycles. The van der Waals surface area contributed by atoms with E-state index in [1.807, 2.05) is 0 Å². The first-order chi connectivity index (χ1) is 10.8. The molecule has 1 unspecified atom stereocenters. The Kier molecular flexibility index (Phi) is 7.64. The van der Waals surface area contributed by atoms with E-state index in [1.54, 1.807) is 7.11 Å². The predicted molar refractivity (Wildman–Crippen MR) is 96.2 cm³/mol. The molecule has 0 saturated heterocycles. The van der Waals surface area contributed by atoms with Gasteiger partial charge in [0.1, 0.15) is 0 Å². The van der Waals surface area contributed by atoms with Crippen LogP contribution in [0, 0.1) is 5.92 Å². The second-order valence-electron chi connectivity index (χ2n) is 5.55. The Hall–Kier alpha value is -1.16. The van der Waals surface area contributed by atoms with Crippen molar-refractivity contribution in [3.8, 4) is 0 Å². The van der Waals surface area contributed by atoms with Gasteiger partial charge >= 0.3 is 0 Å². The lowest BCUT2D eigenvalue weighted by molar-refractivity contribution is 0.197. The Balaban J connectivity index is 1.99. The molecule has 0 aliphatic rings. The highest BCUT2D eigenvalue weighted by molar-refractivity contribution is 9.10. The maximum atomic E-state index is 5.11. The van der Waals surface area contributed by atoms with Crippen LogP contribution in [0.15, 0.2) is 59.1 Å². The average Bonchev–Trinajstić information content (AvgIpc) is 2.54. The summed E-state index contributed by atoms with van der Waals surface area (Å²) in [5.74, 6) is 0.568. The van der Waals surface area contributed by atoms with Gasteiger partial charge in [0.15, 0.2) is 0 Å². The van der Waals surface area contributed by atoms with E-state index < -0.39 is 0 Å². The highest BCUT2D eigenvalue weighted by atomic mass is 79.9. The SMILES string of the molecule is COCCNCC(Cc1ccccc1)Cc1ccccc1Br. The topological polar surface area (TPSA) is 21.3 Å². The Bertz CT molecular complexity index is 544. The number of ether oxygens (including phenoxy) is 1. The zero-order chi connectivity index (χ0) is 15.6. The summed E-state index contributed by atoms with van der Waals surface area (Å²) in [5, 5.41) is 3.51. The number of benzene rings is 2. The number of hydrogen-bond acceptors (Lipinski definition) is 2. The summed E-state index contributed by atoms with van der Waals surface area (Å²) in [6, 6.07) is 19.2. The van der Waals surface area contributed by atoms with Gasteiger partial charge in [0, 0.05) is 18.1 Å². The highest BCUT2D eigenvalue weighted by Crippen LogP contribution is 2.21. The van der Waals surface area contributed by atoms with Crippen molar-refractivity contribution in [3.05, 3.63) is 70.2 Å². The lowest BCUT2D eigenvalue weighted by Crippen LogP contribution is -2.28. The Morgan fingerprint density at radius 1 is 1.00 bits per heavy atom. The molecule has 0 saturated carbocycles. The highest BCUT2D eigenvalue weighted by Gasteiger charge is 2.12. The molecule has 22 heavy (non-hydrogen) atoms. The summed E-state index contributed by atoms with van der Waals surface area (Å²) in [7, 11) is 1.74. The first-order valence-electron chi connectivity index (χ1n) is 7.76. The van der Waals surface area contributed by atoms with Crippen molar-refractivity contribution in [2.45, 2.75) is 12.8 Å². The largest absolute Gasteiger partial charge is 0.383 e. The van der Waals surface area contributed by atoms with Gasteiger partial charge in [-0.3, -0.25) is 0 Å². The van der Waals surface area contributed by atoms with Crippen LogP contribution in [0.2, 0.25) is 0 Å². The third-order valence-electron chi connectivity index (χ3n) is 3.75. The summed E-state index contributed by atoms with van der Waals surface area (Å²) in [5.41, 5.74) is 2.77. The van der Waals surface area contributed by atoms with Crippen molar-refractivity contribution >= 4 is 15.9 Å². The number of hydrogen-bond donors (Lipinski definition) is 1. The van der Waals surface area contributed by atoms with E-state index in [0.717, 1.165) is 32.5 Å². The molecule has 2 aromatic rings. The van der Waals surface area contributed by atoms with Crippen LogP contribution in [0.4, 0.5) is 0 Å². The minimum Gasteiger partial charge on any atom is -0.383 e. The summed E-state index contributed by atoms with van der Waals surface area (Å²) in [6.07, 6.45) is 2.15. The molecule has 0 aliphatic heterocycles. The Morgan fingerprint density at radius 2 is 1.73 bits per heavy atom. The quantitative estimate of drug-likeness (QED) is 0.679. The van der Waals surface area contributed by atoms with Gasteiger partial charge in [-0.2, -0.15) is 0 Å². The van der Waals surface area contributed by atoms with Crippen LogP contribution in [-0.4, -0.2) is 26.8 Å². The molecule has 0 radical (unpaired) electrons. The summed E-state index contributed by atoms with van der Waals surface area (Å²) < 4.78 is 6.31. The molecule has 2 nitrogen and oxygen atoms in total. The Labute approximate surface area is 142 Å². The lowest BCUT2D eigenvalue weighted by Gasteiger charge is -2.19. The molecule has 0 bridgehead atoms. The second-order valence-corrected chi connectivity index (χ2v) is 6.40. The zero-order valence-electron chi connectivity index (χ0n) is 13.1. The van der Waals surface area contributed by atoms with Gasteiger partial charge in [0.2, 0.25) is 0 Å². The van der Waals surface area contributed by atoms with Gasteiger partial charge in [-0.15, -0.1) is 0 Å². The molecule has 118 valence electrons. The maximum absolute atomic E-state index is 5.11. The van der Waals surface area contributed by atoms with Crippen LogP contribution in [-0.2, 0) is 17.6 Å². The van der Waals surface area contributed by atoms with Crippen LogP contribution in [0.25, 0.3) is 0 Å². The minimum atomic E-state index is 0.568. The maximum Gasteiger partial charge on any atom is 0.0587 e. The first-order valence-corrected chi connectivity index (χ1v) is 8.56. The summed E-state index contributed by atoms with van der Waals surface area (Å²) in [6.45, 7) is 2.66. The summed E-state index contributed by atoms with van der Waals surface area (Å²) >= 11 is 3.66. The third kappa shape index (κ3) is 5.91. The first kappa shape index (κ1) is 17.2. The average molecular weight is 362 g/mol. The molecule has 2 rings (SSSR count). The third-order valence-corrected chi connectivity index (χ3v) is 4.52. The van der Waals surface area contributed by atoms with Crippen molar-refractivity contribution in [2.75, 3.05) is 26.8 Å². The van der Waals surface area contributed by atoms with Gasteiger partial charge in [0.25, 0.3) is 0 Å². The molecule has 0 fully saturated rings. The predicted octanol–water partition coefficient (Wildman–Crippen LogP) is 4.09. The fourth-order valence-corrected chi connectivity index (χ4v) is 3.07. The van der Waals surface area contributed by atoms with E-state index >= 15 is 0 Å². The molecule has 2 aromatic carbocycles. The Morgan fingerprint density at radius 3 is 2.45 bits per heavy atom. The molecule has 0 spiro atoms. The van der Waals surface area contributed by atoms with Gasteiger partial charge in [-0.25, -0.2) is 0 Å². The van der Waals surface area contributed by atoms with Gasteiger partial charge < -0.3 is 10.1 Å². The number of nitrogens with one attached hydrogen (secondary N) is 1. The van der Waals surface area contributed by atoms with Gasteiger partial charge in [-0.1, -0.05) is 64.5 Å². The van der Waals surface area contributed by atoms with E-state index in [1.165, 1.54) is 15.6 Å². The van der Waals surface area contributed by atoms with Crippen LogP contribution < -0.4 is 5.32 Å². The number of methoxy groups -OCH3 is 1. The molecular weight excluding hydrogens is 338 g/mol. The van der Waals surface area contributed by atoms with Crippen molar-refractivity contribution in [1.29, 1.82) is 0 Å². The standard InChI is InChI=1S/C19H24BrNO/c1-22-12-11-21-15-17(13-16-7-3-2-4-8-16)14-18-9-5-6-10-19(18)20/h2-10,17,21H,11-15H2,1H3. The van der Waals surface area contributed by atoms with Gasteiger partial charge in [-0.05, 0) is 42.5 Å². The normalized spacial score (nSPS) is 12.3. The monoisotopic (exact) mass is 361 g/mol. The molecule has 0 amide bonds. The van der Waals surface area contributed by atoms with Crippen molar-refractivity contribution in [2.24, 2.45) is 5.92 Å². The fraction of sp³-hybridized carbons (Fsp3) is 0.368. The zero-order valence-corrected chi connectivity index (χ0v) is 14.7. The number of rotatable bonds is 9. The smallest absolute Gasteiger partial charge is 0.0587 e. The van der Waals surface area contributed by atoms with Crippen LogP contribution >= 0.6 is 15.9 Å².